The third kappa shape index (κ3) is 4.30. The lowest BCUT2D eigenvalue weighted by atomic mass is 9.99. The molecule has 0 amide bonds. The van der Waals surface area contributed by atoms with E-state index in [0.717, 1.165) is 16.7 Å². The highest BCUT2D eigenvalue weighted by Crippen LogP contribution is 2.25. The molecule has 0 radical (unpaired) electrons. The SMILES string of the molecule is CC(OC(=O)c1ccccc1-c1ccc(CO)cc1)[Si](C)(C)C. The molecule has 2 rings (SSSR count). The van der Waals surface area contributed by atoms with Gasteiger partial charge in [0.1, 0.15) is 0 Å². The van der Waals surface area contributed by atoms with Gasteiger partial charge in [-0.3, -0.25) is 0 Å². The van der Waals surface area contributed by atoms with Gasteiger partial charge in [-0.25, -0.2) is 4.79 Å². The number of aliphatic hydroxyl groups excluding tert-OH is 1. The molecule has 23 heavy (non-hydrogen) atoms. The van der Waals surface area contributed by atoms with Crippen LogP contribution >= 0.6 is 0 Å². The number of benzene rings is 2. The first-order valence-corrected chi connectivity index (χ1v) is 11.4. The van der Waals surface area contributed by atoms with E-state index in [1.165, 1.54) is 0 Å². The summed E-state index contributed by atoms with van der Waals surface area (Å²) in [5.74, 6) is -0.276. The maximum atomic E-state index is 12.6. The number of hydrogen-bond acceptors (Lipinski definition) is 3. The third-order valence-electron chi connectivity index (χ3n) is 4.10. The lowest BCUT2D eigenvalue weighted by Crippen LogP contribution is -2.39. The van der Waals surface area contributed by atoms with E-state index in [4.69, 9.17) is 9.84 Å². The molecule has 0 fully saturated rings. The molecule has 2 aromatic carbocycles. The molecule has 1 atom stereocenters. The largest absolute Gasteiger partial charge is 0.463 e. The Morgan fingerprint density at radius 2 is 1.70 bits per heavy atom. The van der Waals surface area contributed by atoms with Gasteiger partial charge in [0, 0.05) is 0 Å². The fraction of sp³-hybridized carbons (Fsp3) is 0.316. The average Bonchev–Trinajstić information content (AvgIpc) is 2.54. The van der Waals surface area contributed by atoms with Crippen molar-refractivity contribution >= 4 is 14.0 Å². The molecule has 1 unspecified atom stereocenters. The van der Waals surface area contributed by atoms with E-state index in [0.29, 0.717) is 5.56 Å². The Kier molecular flexibility index (Phi) is 5.39. The van der Waals surface area contributed by atoms with Crippen molar-refractivity contribution in [3.05, 3.63) is 59.7 Å². The summed E-state index contributed by atoms with van der Waals surface area (Å²) in [4.78, 5) is 12.6. The number of hydrogen-bond donors (Lipinski definition) is 1. The standard InChI is InChI=1S/C19H24O3Si/c1-14(23(2,3)4)22-19(21)18-8-6-5-7-17(18)16-11-9-15(13-20)10-12-16/h5-12,14,20H,13H2,1-4H3. The highest BCUT2D eigenvalue weighted by Gasteiger charge is 2.27. The van der Waals surface area contributed by atoms with Gasteiger partial charge in [-0.15, -0.1) is 0 Å². The van der Waals surface area contributed by atoms with E-state index in [1.807, 2.05) is 49.4 Å². The molecular weight excluding hydrogens is 304 g/mol. The zero-order valence-electron chi connectivity index (χ0n) is 14.2. The van der Waals surface area contributed by atoms with Crippen molar-refractivity contribution in [2.45, 2.75) is 38.9 Å². The second-order valence-electron chi connectivity index (χ2n) is 6.81. The number of esters is 1. The summed E-state index contributed by atoms with van der Waals surface area (Å²) in [7, 11) is -1.54. The van der Waals surface area contributed by atoms with Crippen LogP contribution < -0.4 is 0 Å². The van der Waals surface area contributed by atoms with Crippen LogP contribution in [0.1, 0.15) is 22.8 Å². The highest BCUT2D eigenvalue weighted by molar-refractivity contribution is 6.77. The second kappa shape index (κ2) is 7.11. The smallest absolute Gasteiger partial charge is 0.338 e. The van der Waals surface area contributed by atoms with E-state index >= 15 is 0 Å². The zero-order valence-corrected chi connectivity index (χ0v) is 15.2. The van der Waals surface area contributed by atoms with Gasteiger partial charge < -0.3 is 9.84 Å². The maximum absolute atomic E-state index is 12.6. The molecule has 0 aliphatic rings. The predicted octanol–water partition coefficient (Wildman–Crippen LogP) is 4.27. The number of ether oxygens (including phenoxy) is 1. The van der Waals surface area contributed by atoms with Crippen LogP contribution in [0.3, 0.4) is 0 Å². The van der Waals surface area contributed by atoms with Gasteiger partial charge in [-0.2, -0.15) is 0 Å². The Labute approximate surface area is 138 Å². The Hall–Kier alpha value is -1.91. The molecule has 122 valence electrons. The second-order valence-corrected chi connectivity index (χ2v) is 12.4. The lowest BCUT2D eigenvalue weighted by Gasteiger charge is -2.25. The first-order chi connectivity index (χ1) is 10.8. The summed E-state index contributed by atoms with van der Waals surface area (Å²) < 4.78 is 5.69. The van der Waals surface area contributed by atoms with Gasteiger partial charge >= 0.3 is 5.97 Å². The highest BCUT2D eigenvalue weighted by atomic mass is 28.3. The third-order valence-corrected chi connectivity index (χ3v) is 6.65. The van der Waals surface area contributed by atoms with Crippen LogP contribution in [-0.2, 0) is 11.3 Å². The van der Waals surface area contributed by atoms with E-state index in [2.05, 4.69) is 19.6 Å². The molecule has 0 aliphatic heterocycles. The molecule has 0 heterocycles. The summed E-state index contributed by atoms with van der Waals surface area (Å²) in [5.41, 5.74) is 3.18. The topological polar surface area (TPSA) is 46.5 Å². The van der Waals surface area contributed by atoms with Crippen LogP contribution in [0.5, 0.6) is 0 Å². The minimum Gasteiger partial charge on any atom is -0.463 e. The van der Waals surface area contributed by atoms with Crippen molar-refractivity contribution in [1.29, 1.82) is 0 Å². The van der Waals surface area contributed by atoms with Crippen molar-refractivity contribution in [1.82, 2.24) is 0 Å². The number of carbonyl (C=O) groups is 1. The van der Waals surface area contributed by atoms with Crippen LogP contribution in [0.2, 0.25) is 19.6 Å². The van der Waals surface area contributed by atoms with Gasteiger partial charge in [0.15, 0.2) is 0 Å². The monoisotopic (exact) mass is 328 g/mol. The molecule has 0 aromatic heterocycles. The molecular formula is C19H24O3Si. The van der Waals surface area contributed by atoms with E-state index in [-0.39, 0.29) is 18.3 Å². The quantitative estimate of drug-likeness (QED) is 0.658. The fourth-order valence-corrected chi connectivity index (χ4v) is 2.56. The lowest BCUT2D eigenvalue weighted by molar-refractivity contribution is 0.0456. The number of rotatable bonds is 5. The molecule has 3 nitrogen and oxygen atoms in total. The average molecular weight is 328 g/mol. The van der Waals surface area contributed by atoms with Gasteiger partial charge in [0.2, 0.25) is 0 Å². The minimum absolute atomic E-state index is 0.0116. The first kappa shape index (κ1) is 17.4. The van der Waals surface area contributed by atoms with Crippen molar-refractivity contribution in [2.75, 3.05) is 0 Å². The van der Waals surface area contributed by atoms with Crippen molar-refractivity contribution in [3.8, 4) is 11.1 Å². The summed E-state index contributed by atoms with van der Waals surface area (Å²) >= 11 is 0. The molecule has 0 bridgehead atoms. The Morgan fingerprint density at radius 1 is 1.09 bits per heavy atom. The van der Waals surface area contributed by atoms with Crippen molar-refractivity contribution in [2.24, 2.45) is 0 Å². The normalized spacial score (nSPS) is 12.7. The Balaban J connectivity index is 2.31. The first-order valence-electron chi connectivity index (χ1n) is 7.83. The molecule has 0 saturated carbocycles. The molecule has 4 heteroatoms. The van der Waals surface area contributed by atoms with Crippen LogP contribution in [0.15, 0.2) is 48.5 Å². The fourth-order valence-electron chi connectivity index (χ4n) is 2.10. The van der Waals surface area contributed by atoms with Crippen LogP contribution in [0, 0.1) is 0 Å². The van der Waals surface area contributed by atoms with Crippen molar-refractivity contribution < 1.29 is 14.6 Å². The summed E-state index contributed by atoms with van der Waals surface area (Å²) in [5, 5.41) is 9.15. The maximum Gasteiger partial charge on any atom is 0.338 e. The van der Waals surface area contributed by atoms with Crippen LogP contribution in [-0.4, -0.2) is 24.9 Å². The van der Waals surface area contributed by atoms with E-state index in [1.54, 1.807) is 6.07 Å². The molecule has 0 aliphatic carbocycles. The Morgan fingerprint density at radius 3 is 2.26 bits per heavy atom. The Bertz CT molecular complexity index is 672. The van der Waals surface area contributed by atoms with Gasteiger partial charge in [0.05, 0.1) is 26.0 Å². The van der Waals surface area contributed by atoms with Gasteiger partial charge in [0.25, 0.3) is 0 Å². The number of carbonyl (C=O) groups excluding carboxylic acids is 1. The minimum atomic E-state index is -1.54. The van der Waals surface area contributed by atoms with Crippen LogP contribution in [0.25, 0.3) is 11.1 Å². The van der Waals surface area contributed by atoms with Gasteiger partial charge in [-0.05, 0) is 29.7 Å². The predicted molar refractivity (Wildman–Crippen MR) is 96.0 cm³/mol. The van der Waals surface area contributed by atoms with Crippen molar-refractivity contribution in [3.63, 3.8) is 0 Å². The molecule has 2 aromatic rings. The number of aliphatic hydroxyl groups is 1. The van der Waals surface area contributed by atoms with Gasteiger partial charge in [-0.1, -0.05) is 62.1 Å². The zero-order chi connectivity index (χ0) is 17.0. The van der Waals surface area contributed by atoms with E-state index < -0.39 is 8.07 Å². The summed E-state index contributed by atoms with van der Waals surface area (Å²) in [6.07, 6.45) is 0. The van der Waals surface area contributed by atoms with Crippen LogP contribution in [0.4, 0.5) is 0 Å². The molecule has 0 saturated heterocycles. The molecule has 1 N–H and O–H groups in total. The van der Waals surface area contributed by atoms with E-state index in [9.17, 15) is 4.79 Å². The molecule has 0 spiro atoms. The summed E-state index contributed by atoms with van der Waals surface area (Å²) in [6.45, 7) is 8.54. The summed E-state index contributed by atoms with van der Waals surface area (Å²) in [6, 6.07) is 15.0.